The number of fused-ring (bicyclic) bond motifs is 5. The fourth-order valence-corrected chi connectivity index (χ4v) is 9.75. The van der Waals surface area contributed by atoms with Crippen LogP contribution in [0, 0.1) is 16.7 Å². The number of esters is 4. The van der Waals surface area contributed by atoms with Crippen LogP contribution in [0.3, 0.4) is 0 Å². The van der Waals surface area contributed by atoms with Crippen LogP contribution in [0.15, 0.2) is 83.5 Å². The molecule has 3 aliphatic carbocycles. The van der Waals surface area contributed by atoms with E-state index in [1.165, 1.54) is 26.0 Å². The highest BCUT2D eigenvalue weighted by Crippen LogP contribution is 2.64. The number of allylic oxidation sites excluding steroid dienone is 1. The van der Waals surface area contributed by atoms with Gasteiger partial charge >= 0.3 is 23.9 Å². The number of nitrogens with one attached hydrogen (secondary N) is 1. The summed E-state index contributed by atoms with van der Waals surface area (Å²) in [7, 11) is 0. The average Bonchev–Trinajstić information content (AvgIpc) is 3.20. The number of ketones is 1. The Morgan fingerprint density at radius 3 is 2.08 bits per heavy atom. The van der Waals surface area contributed by atoms with Crippen LogP contribution in [0.5, 0.6) is 0 Å². The normalized spacial score (nSPS) is 32.9. The summed E-state index contributed by atoms with van der Waals surface area (Å²) in [6.07, 6.45) is -8.88. The summed E-state index contributed by atoms with van der Waals surface area (Å²) in [5.74, 6) is -6.78. The van der Waals surface area contributed by atoms with Gasteiger partial charge in [-0.2, -0.15) is 0 Å². The van der Waals surface area contributed by atoms with Gasteiger partial charge in [-0.25, -0.2) is 9.59 Å². The molecule has 2 bridgehead atoms. The van der Waals surface area contributed by atoms with Crippen LogP contribution in [-0.2, 0) is 47.7 Å². The molecule has 322 valence electrons. The molecule has 0 aromatic heterocycles. The number of rotatable bonds is 10. The number of amides is 1. The minimum Gasteiger partial charge on any atom is -0.456 e. The Morgan fingerprint density at radius 1 is 0.917 bits per heavy atom. The molecule has 60 heavy (non-hydrogen) atoms. The Hall–Kier alpha value is -5.22. The smallest absolute Gasteiger partial charge is 0.338 e. The molecule has 4 aliphatic rings. The molecule has 15 heteroatoms. The van der Waals surface area contributed by atoms with E-state index < -0.39 is 113 Å². The molecule has 1 saturated heterocycles. The van der Waals surface area contributed by atoms with E-state index in [0.717, 1.165) is 13.8 Å². The zero-order valence-electron chi connectivity index (χ0n) is 34.9. The first kappa shape index (κ1) is 44.3. The summed E-state index contributed by atoms with van der Waals surface area (Å²) in [5.41, 5.74) is -6.91. The van der Waals surface area contributed by atoms with E-state index in [1.54, 1.807) is 82.3 Å². The van der Waals surface area contributed by atoms with Crippen molar-refractivity contribution < 1.29 is 67.8 Å². The van der Waals surface area contributed by atoms with Gasteiger partial charge in [-0.1, -0.05) is 68.5 Å². The van der Waals surface area contributed by atoms with Crippen LogP contribution < -0.4 is 5.32 Å². The molecule has 0 spiro atoms. The highest BCUT2D eigenvalue weighted by Gasteiger charge is 2.78. The summed E-state index contributed by atoms with van der Waals surface area (Å²) in [6.45, 7) is 11.2. The predicted octanol–water partition coefficient (Wildman–Crippen LogP) is 3.39. The first-order valence-corrected chi connectivity index (χ1v) is 19.9. The third-order valence-corrected chi connectivity index (χ3v) is 13.2. The molecule has 6 rings (SSSR count). The van der Waals surface area contributed by atoms with Gasteiger partial charge in [0.25, 0.3) is 0 Å². The second-order valence-electron chi connectivity index (χ2n) is 17.0. The first-order chi connectivity index (χ1) is 28.1. The molecule has 4 N–H and O–H groups in total. The van der Waals surface area contributed by atoms with Crippen molar-refractivity contribution in [1.82, 2.24) is 5.32 Å². The van der Waals surface area contributed by atoms with E-state index in [2.05, 4.69) is 5.32 Å². The third-order valence-electron chi connectivity index (χ3n) is 13.2. The Labute approximate surface area is 348 Å². The first-order valence-electron chi connectivity index (χ1n) is 19.9. The monoisotopic (exact) mass is 831 g/mol. The number of ether oxygens (including phenoxy) is 5. The molecule has 3 fully saturated rings. The second kappa shape index (κ2) is 16.3. The lowest BCUT2D eigenvalue weighted by molar-refractivity contribution is -0.346. The molecule has 1 heterocycles. The quantitative estimate of drug-likeness (QED) is 0.117. The number of Topliss-reactive ketones (excluding diaryl/α,β-unsaturated/α-hetero) is 1. The van der Waals surface area contributed by atoms with E-state index in [9.17, 15) is 39.3 Å². The average molecular weight is 832 g/mol. The van der Waals surface area contributed by atoms with Gasteiger partial charge in [0.1, 0.15) is 23.9 Å². The summed E-state index contributed by atoms with van der Waals surface area (Å²) in [4.78, 5) is 82.9. The van der Waals surface area contributed by atoms with E-state index in [4.69, 9.17) is 23.7 Å². The van der Waals surface area contributed by atoms with Crippen molar-refractivity contribution >= 4 is 35.6 Å². The standard InChI is InChI=1S/C45H53NO14/c1-9-23(2)39(52)46-33(27-16-12-10-13-17-27)34(50)41(54)58-29-21-45(55)38(59-40(53)28-18-14-11-15-19-28)36-43(8,30(49)20-31-44(36,22-56-31)60-26(5)48)37(51)35(57-25(4)47)32(24(29)3)42(45,6)7/h9-19,29-31,33-36,38,49-50,55H,20-22H2,1-8H3,(H,46,52)/b23-9+/t29?,30-,31-,33+,34-,35-,36+,38+,43-,44+,45-/m1/s1. The van der Waals surface area contributed by atoms with Crippen molar-refractivity contribution in [3.63, 3.8) is 0 Å². The molecule has 1 amide bonds. The Bertz CT molecular complexity index is 2110. The maximum atomic E-state index is 15.4. The lowest BCUT2D eigenvalue weighted by atomic mass is 9.44. The van der Waals surface area contributed by atoms with E-state index in [-0.39, 0.29) is 29.7 Å². The van der Waals surface area contributed by atoms with Crippen molar-refractivity contribution in [2.24, 2.45) is 16.7 Å². The maximum Gasteiger partial charge on any atom is 0.338 e. The minimum absolute atomic E-state index is 0.00140. The summed E-state index contributed by atoms with van der Waals surface area (Å²) in [5, 5.41) is 40.0. The largest absolute Gasteiger partial charge is 0.456 e. The number of hydrogen-bond acceptors (Lipinski definition) is 14. The van der Waals surface area contributed by atoms with Crippen LogP contribution >= 0.6 is 0 Å². The summed E-state index contributed by atoms with van der Waals surface area (Å²) < 4.78 is 30.2. The summed E-state index contributed by atoms with van der Waals surface area (Å²) in [6, 6.07) is 14.8. The molecule has 2 aromatic carbocycles. The Kier molecular flexibility index (Phi) is 12.1. The van der Waals surface area contributed by atoms with Gasteiger partial charge in [0.2, 0.25) is 5.91 Å². The topological polar surface area (TPSA) is 221 Å². The van der Waals surface area contributed by atoms with Crippen LogP contribution in [0.4, 0.5) is 0 Å². The van der Waals surface area contributed by atoms with Crippen molar-refractivity contribution in [3.05, 3.63) is 94.6 Å². The molecule has 1 aliphatic heterocycles. The molecular weight excluding hydrogens is 778 g/mol. The van der Waals surface area contributed by atoms with Crippen LogP contribution in [0.1, 0.15) is 90.2 Å². The van der Waals surface area contributed by atoms with E-state index >= 15 is 4.79 Å². The molecule has 2 aromatic rings. The number of carbonyl (C=O) groups excluding carboxylic acids is 6. The molecule has 0 radical (unpaired) electrons. The molecular formula is C45H53NO14. The van der Waals surface area contributed by atoms with Crippen LogP contribution in [-0.4, -0.2) is 105 Å². The lowest BCUT2D eigenvalue weighted by Gasteiger charge is -2.67. The number of carbonyl (C=O) groups is 6. The maximum absolute atomic E-state index is 15.4. The van der Waals surface area contributed by atoms with Gasteiger partial charge in [0.15, 0.2) is 23.6 Å². The fraction of sp³-hybridized carbons (Fsp3) is 0.511. The van der Waals surface area contributed by atoms with Crippen molar-refractivity contribution in [2.75, 3.05) is 6.61 Å². The lowest BCUT2D eigenvalue weighted by Crippen LogP contribution is -2.82. The zero-order chi connectivity index (χ0) is 44.1. The molecule has 2 saturated carbocycles. The fourth-order valence-electron chi connectivity index (χ4n) is 9.75. The van der Waals surface area contributed by atoms with Crippen molar-refractivity contribution in [3.8, 4) is 0 Å². The second-order valence-corrected chi connectivity index (χ2v) is 17.0. The number of hydrogen-bond donors (Lipinski definition) is 4. The van der Waals surface area contributed by atoms with E-state index in [0.29, 0.717) is 11.1 Å². The SMILES string of the molecule is C/C=C(\C)C(=O)N[C@@H](c1ccccc1)[C@@H](O)C(=O)OC1C[C@@]2(O)[C@@H](OC(=O)c3ccccc3)[C@@H]3[C@]4(OC(C)=O)CO[C@@H]4C[C@@H](O)[C@@]3(C)C(=O)[C@H](OC(C)=O)C(=C1C)C2(C)C. The summed E-state index contributed by atoms with van der Waals surface area (Å²) >= 11 is 0. The molecule has 1 unspecified atom stereocenters. The molecule has 11 atom stereocenters. The van der Waals surface area contributed by atoms with Crippen molar-refractivity contribution in [1.29, 1.82) is 0 Å². The van der Waals surface area contributed by atoms with Gasteiger partial charge in [0.05, 0.1) is 35.6 Å². The Morgan fingerprint density at radius 2 is 1.53 bits per heavy atom. The van der Waals surface area contributed by atoms with Gasteiger partial charge in [0, 0.05) is 37.7 Å². The Balaban J connectivity index is 1.56. The third kappa shape index (κ3) is 7.24. The van der Waals surface area contributed by atoms with E-state index in [1.807, 2.05) is 0 Å². The van der Waals surface area contributed by atoms with Crippen LogP contribution in [0.25, 0.3) is 0 Å². The highest BCUT2D eigenvalue weighted by molar-refractivity contribution is 5.96. The minimum atomic E-state index is -2.38. The van der Waals surface area contributed by atoms with Gasteiger partial charge in [-0.15, -0.1) is 0 Å². The van der Waals surface area contributed by atoms with Gasteiger partial charge in [-0.3, -0.25) is 19.2 Å². The number of aliphatic hydroxyl groups excluding tert-OH is 2. The van der Waals surface area contributed by atoms with Crippen LogP contribution in [0.2, 0.25) is 0 Å². The van der Waals surface area contributed by atoms with Gasteiger partial charge < -0.3 is 44.3 Å². The predicted molar refractivity (Wildman–Crippen MR) is 211 cm³/mol. The van der Waals surface area contributed by atoms with Gasteiger partial charge in [-0.05, 0) is 56.5 Å². The number of aliphatic hydroxyl groups is 3. The zero-order valence-corrected chi connectivity index (χ0v) is 34.9. The number of benzene rings is 2. The molecule has 15 nitrogen and oxygen atoms in total. The highest BCUT2D eigenvalue weighted by atomic mass is 16.6. The van der Waals surface area contributed by atoms with Crippen molar-refractivity contribution in [2.45, 2.75) is 122 Å².